The molecular weight excluding hydrogens is 632 g/mol. The van der Waals surface area contributed by atoms with Gasteiger partial charge in [-0.15, -0.1) is 11.8 Å². The molecule has 0 saturated carbocycles. The maximum atomic E-state index is 13.2. The van der Waals surface area contributed by atoms with Gasteiger partial charge in [-0.2, -0.15) is 0 Å². The summed E-state index contributed by atoms with van der Waals surface area (Å²) in [6.45, 7) is 4.64. The fraction of sp³-hybridized carbons (Fsp3) is 0.357. The van der Waals surface area contributed by atoms with Crippen molar-refractivity contribution in [2.45, 2.75) is 50.4 Å². The summed E-state index contributed by atoms with van der Waals surface area (Å²) < 4.78 is 10.9. The number of benzene rings is 2. The van der Waals surface area contributed by atoms with Gasteiger partial charge < -0.3 is 19.7 Å². The number of anilines is 1. The maximum absolute atomic E-state index is 13.2. The average molecular weight is 662 g/mol. The number of alkyl halides is 1. The van der Waals surface area contributed by atoms with Gasteiger partial charge in [0, 0.05) is 23.2 Å². The van der Waals surface area contributed by atoms with Crippen LogP contribution < -0.4 is 10.2 Å². The number of nitro benzene ring substituents is 1. The largest absolute Gasteiger partial charge is 0.459 e. The van der Waals surface area contributed by atoms with Crippen LogP contribution in [-0.4, -0.2) is 68.6 Å². The maximum Gasteiger partial charge on any atom is 0.415 e. The SMILES string of the molecule is CC(C)(C)OC(=O)N(CC(=O)NC1C(=O)N2C(C(=O)OCc3ccc([N+](=O)[O-])cc3)C(CBr)=CSC12)c1ccccc1. The standard InChI is InChI=1S/C28H29BrN4O8S/c1-28(2,3)41-27(37)31(19-7-5-4-6-8-19)14-21(34)30-22-24(35)32-23(18(13-29)16-42-25(22)32)26(36)40-15-17-9-11-20(12-10-17)33(38)39/h4-12,16,22-23,25H,13-15H2,1-3H3,(H,30,34). The van der Waals surface area contributed by atoms with E-state index >= 15 is 0 Å². The molecule has 0 bridgehead atoms. The van der Waals surface area contributed by atoms with Crippen molar-refractivity contribution in [1.82, 2.24) is 10.2 Å². The second-order valence-electron chi connectivity index (χ2n) is 10.5. The number of nitrogens with zero attached hydrogens (tertiary/aromatic N) is 3. The molecule has 2 aromatic rings. The predicted octanol–water partition coefficient (Wildman–Crippen LogP) is 4.13. The minimum absolute atomic E-state index is 0.0843. The molecule has 3 unspecified atom stereocenters. The first-order valence-corrected chi connectivity index (χ1v) is 14.9. The topological polar surface area (TPSA) is 148 Å². The lowest BCUT2D eigenvalue weighted by atomic mass is 9.98. The summed E-state index contributed by atoms with van der Waals surface area (Å²) in [5.41, 5.74) is 0.747. The molecule has 0 spiro atoms. The van der Waals surface area contributed by atoms with E-state index in [-0.39, 0.29) is 18.8 Å². The molecule has 14 heteroatoms. The number of nitrogens with one attached hydrogen (secondary N) is 1. The summed E-state index contributed by atoms with van der Waals surface area (Å²) in [7, 11) is 0. The Morgan fingerprint density at radius 3 is 2.38 bits per heavy atom. The molecule has 1 fully saturated rings. The smallest absolute Gasteiger partial charge is 0.415 e. The van der Waals surface area contributed by atoms with E-state index in [1.807, 2.05) is 0 Å². The molecule has 2 aromatic carbocycles. The number of esters is 1. The summed E-state index contributed by atoms with van der Waals surface area (Å²) >= 11 is 4.65. The number of carbonyl (C=O) groups is 4. The highest BCUT2D eigenvalue weighted by atomic mass is 79.9. The number of hydrogen-bond donors (Lipinski definition) is 1. The van der Waals surface area contributed by atoms with E-state index < -0.39 is 51.9 Å². The molecule has 3 atom stereocenters. The van der Waals surface area contributed by atoms with Crippen molar-refractivity contribution in [3.8, 4) is 0 Å². The first-order chi connectivity index (χ1) is 19.9. The monoisotopic (exact) mass is 660 g/mol. The number of carbonyl (C=O) groups excluding carboxylic acids is 4. The van der Waals surface area contributed by atoms with Crippen molar-refractivity contribution in [3.63, 3.8) is 0 Å². The Labute approximate surface area is 254 Å². The molecule has 1 saturated heterocycles. The molecule has 1 N–H and O–H groups in total. The molecule has 4 rings (SSSR count). The normalized spacial score (nSPS) is 19.5. The van der Waals surface area contributed by atoms with E-state index in [0.29, 0.717) is 22.2 Å². The van der Waals surface area contributed by atoms with Crippen LogP contribution in [0.3, 0.4) is 0 Å². The number of fused-ring (bicyclic) bond motifs is 1. The number of rotatable bonds is 9. The van der Waals surface area contributed by atoms with Crippen LogP contribution in [0.4, 0.5) is 16.2 Å². The van der Waals surface area contributed by atoms with E-state index in [4.69, 9.17) is 9.47 Å². The average Bonchev–Trinajstić information content (AvgIpc) is 2.96. The zero-order valence-corrected chi connectivity index (χ0v) is 25.4. The molecule has 0 aliphatic carbocycles. The molecule has 42 heavy (non-hydrogen) atoms. The molecule has 2 aliphatic rings. The highest BCUT2D eigenvalue weighted by Gasteiger charge is 2.56. The number of hydrogen-bond acceptors (Lipinski definition) is 9. The number of β-lactam (4-membered cyclic amide) rings is 1. The minimum atomic E-state index is -1.00. The predicted molar refractivity (Wildman–Crippen MR) is 159 cm³/mol. The van der Waals surface area contributed by atoms with Gasteiger partial charge in [0.2, 0.25) is 11.8 Å². The van der Waals surface area contributed by atoms with Crippen molar-refractivity contribution >= 4 is 62.9 Å². The third kappa shape index (κ3) is 7.10. The Hall–Kier alpha value is -3.91. The van der Waals surface area contributed by atoms with Crippen LogP contribution in [0.2, 0.25) is 0 Å². The lowest BCUT2D eigenvalue weighted by Crippen LogP contribution is -2.74. The molecule has 12 nitrogen and oxygen atoms in total. The Bertz CT molecular complexity index is 1400. The Kier molecular flexibility index (Phi) is 9.57. The second-order valence-corrected chi connectivity index (χ2v) is 12.0. The Morgan fingerprint density at radius 2 is 1.79 bits per heavy atom. The number of non-ortho nitro benzene ring substituents is 1. The molecule has 0 radical (unpaired) electrons. The quantitative estimate of drug-likeness (QED) is 0.138. The van der Waals surface area contributed by atoms with E-state index in [9.17, 15) is 29.3 Å². The second kappa shape index (κ2) is 12.9. The summed E-state index contributed by atoms with van der Waals surface area (Å²) in [4.78, 5) is 65.3. The Morgan fingerprint density at radius 1 is 1.12 bits per heavy atom. The van der Waals surface area contributed by atoms with Crippen LogP contribution in [0.25, 0.3) is 0 Å². The first-order valence-electron chi connectivity index (χ1n) is 12.9. The summed E-state index contributed by atoms with van der Waals surface area (Å²) in [6.07, 6.45) is -0.710. The first kappa shape index (κ1) is 31.0. The Balaban J connectivity index is 1.42. The number of para-hydroxylation sites is 1. The van der Waals surface area contributed by atoms with Crippen LogP contribution >= 0.6 is 27.7 Å². The summed E-state index contributed by atoms with van der Waals surface area (Å²) in [5.74, 6) is -1.70. The molecule has 3 amide bonds. The number of amides is 3. The highest BCUT2D eigenvalue weighted by molar-refractivity contribution is 9.09. The van der Waals surface area contributed by atoms with Crippen molar-refractivity contribution in [2.24, 2.45) is 0 Å². The molecular formula is C28H29BrN4O8S. The summed E-state index contributed by atoms with van der Waals surface area (Å²) in [6, 6.07) is 12.3. The van der Waals surface area contributed by atoms with Gasteiger partial charge in [-0.1, -0.05) is 34.1 Å². The zero-order valence-electron chi connectivity index (χ0n) is 23.0. The summed E-state index contributed by atoms with van der Waals surface area (Å²) in [5, 5.41) is 15.1. The fourth-order valence-electron chi connectivity index (χ4n) is 4.30. The molecule has 0 aromatic heterocycles. The number of ether oxygens (including phenoxy) is 2. The van der Waals surface area contributed by atoms with E-state index in [1.165, 1.54) is 45.8 Å². The number of nitro groups is 1. The minimum Gasteiger partial charge on any atom is -0.459 e. The number of halogens is 1. The van der Waals surface area contributed by atoms with Crippen molar-refractivity contribution in [2.75, 3.05) is 16.8 Å². The third-order valence-corrected chi connectivity index (χ3v) is 8.14. The van der Waals surface area contributed by atoms with Crippen molar-refractivity contribution < 1.29 is 33.6 Å². The lowest BCUT2D eigenvalue weighted by Gasteiger charge is -2.51. The van der Waals surface area contributed by atoms with E-state index in [0.717, 1.165) is 0 Å². The van der Waals surface area contributed by atoms with Crippen molar-refractivity contribution in [3.05, 3.63) is 81.3 Å². The van der Waals surface area contributed by atoms with Crippen LogP contribution in [0.15, 0.2) is 65.6 Å². The van der Waals surface area contributed by atoms with Gasteiger partial charge in [0.15, 0.2) is 6.04 Å². The van der Waals surface area contributed by atoms with Crippen LogP contribution in [-0.2, 0) is 30.5 Å². The van der Waals surface area contributed by atoms with Crippen LogP contribution in [0, 0.1) is 10.1 Å². The van der Waals surface area contributed by atoms with Gasteiger partial charge in [0.25, 0.3) is 5.69 Å². The van der Waals surface area contributed by atoms with Gasteiger partial charge in [-0.25, -0.2) is 9.59 Å². The third-order valence-electron chi connectivity index (χ3n) is 6.27. The van der Waals surface area contributed by atoms with E-state index in [2.05, 4.69) is 21.2 Å². The van der Waals surface area contributed by atoms with Crippen LogP contribution in [0.1, 0.15) is 26.3 Å². The van der Waals surface area contributed by atoms with E-state index in [1.54, 1.807) is 56.5 Å². The van der Waals surface area contributed by atoms with Gasteiger partial charge in [-0.3, -0.25) is 24.6 Å². The van der Waals surface area contributed by atoms with Gasteiger partial charge in [0.05, 0.1) is 4.92 Å². The lowest BCUT2D eigenvalue weighted by molar-refractivity contribution is -0.384. The van der Waals surface area contributed by atoms with Gasteiger partial charge in [0.1, 0.15) is 30.2 Å². The fourth-order valence-corrected chi connectivity index (χ4v) is 6.21. The van der Waals surface area contributed by atoms with Crippen LogP contribution in [0.5, 0.6) is 0 Å². The molecule has 2 heterocycles. The highest BCUT2D eigenvalue weighted by Crippen LogP contribution is 2.41. The van der Waals surface area contributed by atoms with Gasteiger partial charge in [-0.05, 0) is 61.6 Å². The zero-order chi connectivity index (χ0) is 30.6. The molecule has 222 valence electrons. The molecule has 2 aliphatic heterocycles. The van der Waals surface area contributed by atoms with Gasteiger partial charge >= 0.3 is 12.1 Å². The van der Waals surface area contributed by atoms with Crippen molar-refractivity contribution in [1.29, 1.82) is 0 Å². The number of thioether (sulfide) groups is 1.